The molecule has 0 aliphatic rings. The second kappa shape index (κ2) is 4.52. The Hall–Kier alpha value is -2.30. The highest BCUT2D eigenvalue weighted by Gasteiger charge is 2.13. The Labute approximate surface area is 105 Å². The molecule has 0 N–H and O–H groups in total. The fourth-order valence-corrected chi connectivity index (χ4v) is 1.89. The fraction of sp³-hybridized carbons (Fsp3) is 0.231. The van der Waals surface area contributed by atoms with E-state index < -0.39 is 4.92 Å². The number of hydrogen-bond acceptors (Lipinski definition) is 4. The van der Waals surface area contributed by atoms with Crippen molar-refractivity contribution in [1.29, 1.82) is 0 Å². The van der Waals surface area contributed by atoms with E-state index in [1.165, 1.54) is 12.1 Å². The lowest BCUT2D eigenvalue weighted by Gasteiger charge is -2.09. The van der Waals surface area contributed by atoms with Gasteiger partial charge in [0.1, 0.15) is 6.26 Å². The molecule has 0 aliphatic heterocycles. The highest BCUT2D eigenvalue weighted by atomic mass is 16.6. The molecule has 0 spiro atoms. The summed E-state index contributed by atoms with van der Waals surface area (Å²) in [7, 11) is 3.82. The van der Waals surface area contributed by atoms with E-state index in [1.807, 2.05) is 25.9 Å². The van der Waals surface area contributed by atoms with E-state index in [1.54, 1.807) is 18.4 Å². The molecule has 1 aromatic heterocycles. The molecule has 0 atom stereocenters. The maximum absolute atomic E-state index is 10.6. The topological polar surface area (TPSA) is 59.5 Å². The summed E-state index contributed by atoms with van der Waals surface area (Å²) in [5.74, 6) is 0.795. The number of furan rings is 1. The van der Waals surface area contributed by atoms with Crippen molar-refractivity contribution in [2.75, 3.05) is 19.0 Å². The van der Waals surface area contributed by atoms with Gasteiger partial charge in [0.05, 0.1) is 4.92 Å². The first kappa shape index (κ1) is 12.2. The molecule has 0 saturated carbocycles. The van der Waals surface area contributed by atoms with Crippen molar-refractivity contribution in [1.82, 2.24) is 0 Å². The minimum atomic E-state index is -0.406. The Kier molecular flexibility index (Phi) is 3.06. The van der Waals surface area contributed by atoms with Crippen molar-refractivity contribution in [2.24, 2.45) is 0 Å². The molecule has 5 heteroatoms. The zero-order chi connectivity index (χ0) is 13.3. The van der Waals surface area contributed by atoms with Crippen LogP contribution >= 0.6 is 0 Å². The van der Waals surface area contributed by atoms with Gasteiger partial charge in [-0.15, -0.1) is 0 Å². The number of hydrogen-bond donors (Lipinski definition) is 0. The standard InChI is InChI=1S/C13H14N2O3/c1-9-12(8-18-13(9)14(2)3)10-4-6-11(7-5-10)15(16)17/h4-8H,1-3H3. The normalized spacial score (nSPS) is 10.4. The van der Waals surface area contributed by atoms with Gasteiger partial charge >= 0.3 is 0 Å². The van der Waals surface area contributed by atoms with Crippen LogP contribution < -0.4 is 4.90 Å². The van der Waals surface area contributed by atoms with Gasteiger partial charge in [-0.2, -0.15) is 0 Å². The van der Waals surface area contributed by atoms with E-state index >= 15 is 0 Å². The van der Waals surface area contributed by atoms with Gasteiger partial charge in [-0.1, -0.05) is 0 Å². The fourth-order valence-electron chi connectivity index (χ4n) is 1.89. The summed E-state index contributed by atoms with van der Waals surface area (Å²) in [6.07, 6.45) is 1.67. The summed E-state index contributed by atoms with van der Waals surface area (Å²) in [6, 6.07) is 6.46. The van der Waals surface area contributed by atoms with Gasteiger partial charge in [0.25, 0.3) is 5.69 Å². The third-order valence-corrected chi connectivity index (χ3v) is 2.81. The van der Waals surface area contributed by atoms with Crippen LogP contribution in [0.2, 0.25) is 0 Å². The van der Waals surface area contributed by atoms with E-state index in [2.05, 4.69) is 0 Å². The predicted octanol–water partition coefficient (Wildman–Crippen LogP) is 3.23. The first-order valence-electron chi connectivity index (χ1n) is 5.51. The Bertz CT molecular complexity index is 570. The zero-order valence-electron chi connectivity index (χ0n) is 10.5. The third-order valence-electron chi connectivity index (χ3n) is 2.81. The van der Waals surface area contributed by atoms with Crippen LogP contribution in [0, 0.1) is 17.0 Å². The lowest BCUT2D eigenvalue weighted by molar-refractivity contribution is -0.384. The molecule has 0 amide bonds. The van der Waals surface area contributed by atoms with E-state index in [9.17, 15) is 10.1 Å². The summed E-state index contributed by atoms with van der Waals surface area (Å²) >= 11 is 0. The first-order valence-corrected chi connectivity index (χ1v) is 5.51. The molecule has 18 heavy (non-hydrogen) atoms. The van der Waals surface area contributed by atoms with Crippen molar-refractivity contribution in [3.05, 3.63) is 46.2 Å². The van der Waals surface area contributed by atoms with Gasteiger partial charge in [-0.3, -0.25) is 10.1 Å². The lowest BCUT2D eigenvalue weighted by Crippen LogP contribution is -2.08. The molecular weight excluding hydrogens is 232 g/mol. The number of benzene rings is 1. The molecule has 2 rings (SSSR count). The molecule has 1 aromatic carbocycles. The Morgan fingerprint density at radius 3 is 2.28 bits per heavy atom. The van der Waals surface area contributed by atoms with Crippen molar-refractivity contribution in [2.45, 2.75) is 6.92 Å². The van der Waals surface area contributed by atoms with Crippen molar-refractivity contribution >= 4 is 11.6 Å². The number of nitro benzene ring substituents is 1. The zero-order valence-corrected chi connectivity index (χ0v) is 10.5. The first-order chi connectivity index (χ1) is 8.50. The number of rotatable bonds is 3. The van der Waals surface area contributed by atoms with Gasteiger partial charge in [0.2, 0.25) is 0 Å². The summed E-state index contributed by atoms with van der Waals surface area (Å²) in [5, 5.41) is 10.6. The van der Waals surface area contributed by atoms with Gasteiger partial charge in [-0.05, 0) is 24.6 Å². The van der Waals surface area contributed by atoms with E-state index in [0.29, 0.717) is 0 Å². The number of anilines is 1. The van der Waals surface area contributed by atoms with Gasteiger partial charge in [0, 0.05) is 37.4 Å². The number of nitro groups is 1. The minimum absolute atomic E-state index is 0.0905. The third kappa shape index (κ3) is 2.07. The average molecular weight is 246 g/mol. The van der Waals surface area contributed by atoms with Crippen LogP contribution in [0.3, 0.4) is 0 Å². The number of non-ortho nitro benzene ring substituents is 1. The SMILES string of the molecule is Cc1c(-c2ccc([N+](=O)[O-])cc2)coc1N(C)C. The number of nitrogens with zero attached hydrogens (tertiary/aromatic N) is 2. The molecule has 94 valence electrons. The smallest absolute Gasteiger partial charge is 0.269 e. The molecule has 0 aliphatic carbocycles. The van der Waals surface area contributed by atoms with Crippen LogP contribution in [0.15, 0.2) is 34.9 Å². The van der Waals surface area contributed by atoms with Crippen molar-refractivity contribution in [3.63, 3.8) is 0 Å². The molecule has 0 radical (unpaired) electrons. The highest BCUT2D eigenvalue weighted by molar-refractivity contribution is 5.72. The highest BCUT2D eigenvalue weighted by Crippen LogP contribution is 2.32. The van der Waals surface area contributed by atoms with Crippen molar-refractivity contribution in [3.8, 4) is 11.1 Å². The van der Waals surface area contributed by atoms with Crippen LogP contribution in [0.25, 0.3) is 11.1 Å². The van der Waals surface area contributed by atoms with E-state index in [-0.39, 0.29) is 5.69 Å². The summed E-state index contributed by atoms with van der Waals surface area (Å²) in [4.78, 5) is 12.1. The molecule has 0 bridgehead atoms. The van der Waals surface area contributed by atoms with Gasteiger partial charge in [-0.25, -0.2) is 0 Å². The molecule has 5 nitrogen and oxygen atoms in total. The molecular formula is C13H14N2O3. The maximum atomic E-state index is 10.6. The molecule has 0 unspecified atom stereocenters. The van der Waals surface area contributed by atoms with E-state index in [0.717, 1.165) is 22.6 Å². The quantitative estimate of drug-likeness (QED) is 0.616. The van der Waals surface area contributed by atoms with Crippen LogP contribution in [0.4, 0.5) is 11.6 Å². The molecule has 0 fully saturated rings. The van der Waals surface area contributed by atoms with E-state index in [4.69, 9.17) is 4.42 Å². The average Bonchev–Trinajstić information content (AvgIpc) is 2.71. The second-order valence-corrected chi connectivity index (χ2v) is 4.28. The Balaban J connectivity index is 2.40. The maximum Gasteiger partial charge on any atom is 0.269 e. The van der Waals surface area contributed by atoms with Crippen LogP contribution in [0.5, 0.6) is 0 Å². The monoisotopic (exact) mass is 246 g/mol. The molecule has 0 saturated heterocycles. The predicted molar refractivity (Wildman–Crippen MR) is 69.9 cm³/mol. The summed E-state index contributed by atoms with van der Waals surface area (Å²) in [5.41, 5.74) is 2.98. The minimum Gasteiger partial charge on any atom is -0.448 e. The van der Waals surface area contributed by atoms with Crippen LogP contribution in [0.1, 0.15) is 5.56 Å². The van der Waals surface area contributed by atoms with Gasteiger partial charge in [0.15, 0.2) is 5.88 Å². The van der Waals surface area contributed by atoms with Gasteiger partial charge < -0.3 is 9.32 Å². The Morgan fingerprint density at radius 1 is 1.22 bits per heavy atom. The second-order valence-electron chi connectivity index (χ2n) is 4.28. The molecule has 2 aromatic rings. The molecule has 1 heterocycles. The summed E-state index contributed by atoms with van der Waals surface area (Å²) in [6.45, 7) is 1.97. The summed E-state index contributed by atoms with van der Waals surface area (Å²) < 4.78 is 5.48. The lowest BCUT2D eigenvalue weighted by atomic mass is 10.0. The largest absolute Gasteiger partial charge is 0.448 e. The Morgan fingerprint density at radius 2 is 1.83 bits per heavy atom. The van der Waals surface area contributed by atoms with Crippen molar-refractivity contribution < 1.29 is 9.34 Å². The van der Waals surface area contributed by atoms with Crippen LogP contribution in [-0.2, 0) is 0 Å². The van der Waals surface area contributed by atoms with Crippen LogP contribution in [-0.4, -0.2) is 19.0 Å².